The Labute approximate surface area is 108 Å². The Morgan fingerprint density at radius 3 is 2.56 bits per heavy atom. The fourth-order valence-corrected chi connectivity index (χ4v) is 3.66. The molecule has 18 heavy (non-hydrogen) atoms. The van der Waals surface area contributed by atoms with Crippen molar-refractivity contribution < 1.29 is 17.9 Å². The maximum absolute atomic E-state index is 11.6. The Morgan fingerprint density at radius 1 is 1.44 bits per heavy atom. The molecule has 1 rings (SSSR count). The molecule has 6 nitrogen and oxygen atoms in total. The molecule has 7 heteroatoms. The van der Waals surface area contributed by atoms with Crippen LogP contribution in [0.4, 0.5) is 4.79 Å². The van der Waals surface area contributed by atoms with E-state index in [4.69, 9.17) is 10.5 Å². The number of rotatable bonds is 2. The van der Waals surface area contributed by atoms with E-state index in [1.165, 1.54) is 0 Å². The van der Waals surface area contributed by atoms with E-state index in [1.54, 1.807) is 20.8 Å². The molecule has 1 amide bonds. The average Bonchev–Trinajstić information content (AvgIpc) is 2.13. The first kappa shape index (κ1) is 15.2. The second kappa shape index (κ2) is 5.44. The third-order valence-corrected chi connectivity index (χ3v) is 4.53. The Bertz CT molecular complexity index is 400. The fourth-order valence-electron chi connectivity index (χ4n) is 1.93. The van der Waals surface area contributed by atoms with Gasteiger partial charge in [0, 0.05) is 0 Å². The Morgan fingerprint density at radius 2 is 2.06 bits per heavy atom. The van der Waals surface area contributed by atoms with Crippen molar-refractivity contribution in [3.05, 3.63) is 0 Å². The number of nitrogens with two attached hydrogens (primary N) is 1. The predicted molar refractivity (Wildman–Crippen MR) is 69.0 cm³/mol. The minimum absolute atomic E-state index is 0.0129. The molecule has 3 N–H and O–H groups in total. The smallest absolute Gasteiger partial charge is 0.407 e. The van der Waals surface area contributed by atoms with Gasteiger partial charge in [0.15, 0.2) is 9.84 Å². The van der Waals surface area contributed by atoms with Gasteiger partial charge in [-0.3, -0.25) is 0 Å². The van der Waals surface area contributed by atoms with Crippen molar-refractivity contribution >= 4 is 15.9 Å². The van der Waals surface area contributed by atoms with E-state index in [0.717, 1.165) is 0 Å². The summed E-state index contributed by atoms with van der Waals surface area (Å²) in [7, 11) is -3.09. The zero-order valence-electron chi connectivity index (χ0n) is 11.1. The molecule has 1 saturated heterocycles. The molecule has 0 spiro atoms. The average molecular weight is 278 g/mol. The molecule has 2 atom stereocenters. The maximum Gasteiger partial charge on any atom is 0.407 e. The lowest BCUT2D eigenvalue weighted by molar-refractivity contribution is 0.0492. The van der Waals surface area contributed by atoms with Crippen LogP contribution in [0, 0.1) is 5.92 Å². The Balaban J connectivity index is 2.64. The standard InChI is InChI=1S/C11H22N2O4S/c1-11(2,3)17-10(14)13-9-7-18(15,16)5-4-8(9)6-12/h8-9H,4-7,12H2,1-3H3,(H,13,14)/t8-,9+/m0/s1. The second-order valence-electron chi connectivity index (χ2n) is 5.65. The van der Waals surface area contributed by atoms with Crippen LogP contribution in [0.25, 0.3) is 0 Å². The SMILES string of the molecule is CC(C)(C)OC(=O)N[C@@H]1CS(=O)(=O)CC[C@H]1CN. The van der Waals surface area contributed by atoms with Crippen molar-refractivity contribution in [3.63, 3.8) is 0 Å². The monoisotopic (exact) mass is 278 g/mol. The molecule has 1 aliphatic heterocycles. The van der Waals surface area contributed by atoms with Gasteiger partial charge in [-0.1, -0.05) is 0 Å². The van der Waals surface area contributed by atoms with Crippen LogP contribution in [0.1, 0.15) is 27.2 Å². The highest BCUT2D eigenvalue weighted by Crippen LogP contribution is 2.19. The Hall–Kier alpha value is -0.820. The quantitative estimate of drug-likeness (QED) is 0.755. The van der Waals surface area contributed by atoms with E-state index in [1.807, 2.05) is 0 Å². The number of hydrogen-bond donors (Lipinski definition) is 2. The minimum Gasteiger partial charge on any atom is -0.444 e. The molecule has 0 aromatic heterocycles. The highest BCUT2D eigenvalue weighted by molar-refractivity contribution is 7.91. The van der Waals surface area contributed by atoms with Crippen LogP contribution in [-0.2, 0) is 14.6 Å². The largest absolute Gasteiger partial charge is 0.444 e. The van der Waals surface area contributed by atoms with E-state index in [2.05, 4.69) is 5.32 Å². The van der Waals surface area contributed by atoms with Crippen molar-refractivity contribution in [1.82, 2.24) is 5.32 Å². The van der Waals surface area contributed by atoms with E-state index < -0.39 is 27.6 Å². The molecule has 0 aromatic rings. The van der Waals surface area contributed by atoms with Crippen molar-refractivity contribution in [2.24, 2.45) is 11.7 Å². The number of hydrogen-bond acceptors (Lipinski definition) is 5. The third kappa shape index (κ3) is 4.81. The van der Waals surface area contributed by atoms with Gasteiger partial charge in [-0.15, -0.1) is 0 Å². The molecule has 0 unspecified atom stereocenters. The van der Waals surface area contributed by atoms with Gasteiger partial charge in [-0.2, -0.15) is 0 Å². The lowest BCUT2D eigenvalue weighted by Gasteiger charge is -2.31. The first-order valence-corrected chi connectivity index (χ1v) is 7.85. The molecule has 106 valence electrons. The van der Waals surface area contributed by atoms with Gasteiger partial charge < -0.3 is 15.8 Å². The summed E-state index contributed by atoms with van der Waals surface area (Å²) in [5.74, 6) is 0.0659. The summed E-state index contributed by atoms with van der Waals surface area (Å²) in [4.78, 5) is 11.6. The highest BCUT2D eigenvalue weighted by Gasteiger charge is 2.34. The summed E-state index contributed by atoms with van der Waals surface area (Å²) in [6.07, 6.45) is -0.109. The molecule has 0 radical (unpaired) electrons. The van der Waals surface area contributed by atoms with E-state index in [-0.39, 0.29) is 17.4 Å². The predicted octanol–water partition coefficient (Wildman–Crippen LogP) is 0.273. The lowest BCUT2D eigenvalue weighted by atomic mass is 9.98. The van der Waals surface area contributed by atoms with Gasteiger partial charge in [0.1, 0.15) is 5.60 Å². The van der Waals surface area contributed by atoms with E-state index >= 15 is 0 Å². The van der Waals surface area contributed by atoms with Gasteiger partial charge in [0.05, 0.1) is 17.5 Å². The summed E-state index contributed by atoms with van der Waals surface area (Å²) in [5.41, 5.74) is 5.00. The summed E-state index contributed by atoms with van der Waals surface area (Å²) < 4.78 is 28.2. The van der Waals surface area contributed by atoms with Crippen LogP contribution < -0.4 is 11.1 Å². The summed E-state index contributed by atoms with van der Waals surface area (Å²) in [6.45, 7) is 5.62. The molecular weight excluding hydrogens is 256 g/mol. The fraction of sp³-hybridized carbons (Fsp3) is 0.909. The number of sulfone groups is 1. The van der Waals surface area contributed by atoms with E-state index in [0.29, 0.717) is 13.0 Å². The summed E-state index contributed by atoms with van der Waals surface area (Å²) >= 11 is 0. The van der Waals surface area contributed by atoms with Crippen molar-refractivity contribution in [3.8, 4) is 0 Å². The van der Waals surface area contributed by atoms with Crippen molar-refractivity contribution in [2.75, 3.05) is 18.1 Å². The Kier molecular flexibility index (Phi) is 4.61. The first-order chi connectivity index (χ1) is 8.13. The molecule has 1 aliphatic rings. The molecule has 1 heterocycles. The van der Waals surface area contributed by atoms with Crippen LogP contribution in [0.15, 0.2) is 0 Å². The number of carbonyl (C=O) groups is 1. The summed E-state index contributed by atoms with van der Waals surface area (Å²) in [6, 6.07) is -0.455. The third-order valence-electron chi connectivity index (χ3n) is 2.81. The zero-order valence-corrected chi connectivity index (χ0v) is 11.9. The van der Waals surface area contributed by atoms with Gasteiger partial charge in [-0.25, -0.2) is 13.2 Å². The van der Waals surface area contributed by atoms with Crippen LogP contribution in [0.2, 0.25) is 0 Å². The van der Waals surface area contributed by atoms with Crippen LogP contribution in [0.5, 0.6) is 0 Å². The first-order valence-electron chi connectivity index (χ1n) is 6.03. The van der Waals surface area contributed by atoms with Crippen LogP contribution >= 0.6 is 0 Å². The lowest BCUT2D eigenvalue weighted by Crippen LogP contribution is -2.51. The van der Waals surface area contributed by atoms with Gasteiger partial charge >= 0.3 is 6.09 Å². The topological polar surface area (TPSA) is 98.5 Å². The van der Waals surface area contributed by atoms with E-state index in [9.17, 15) is 13.2 Å². The number of ether oxygens (including phenoxy) is 1. The van der Waals surface area contributed by atoms with Gasteiger partial charge in [0.25, 0.3) is 0 Å². The highest BCUT2D eigenvalue weighted by atomic mass is 32.2. The number of amides is 1. The number of nitrogens with one attached hydrogen (secondary N) is 1. The minimum atomic E-state index is -3.09. The molecule has 0 aromatic carbocycles. The number of alkyl carbamates (subject to hydrolysis) is 1. The molecule has 1 fully saturated rings. The zero-order chi connectivity index (χ0) is 14.0. The van der Waals surface area contributed by atoms with Crippen molar-refractivity contribution in [2.45, 2.75) is 38.8 Å². The molecular formula is C11H22N2O4S. The number of carbonyl (C=O) groups excluding carboxylic acids is 1. The van der Waals surface area contributed by atoms with Crippen molar-refractivity contribution in [1.29, 1.82) is 0 Å². The van der Waals surface area contributed by atoms with Crippen LogP contribution in [-0.4, -0.2) is 44.2 Å². The summed E-state index contributed by atoms with van der Waals surface area (Å²) in [5, 5.41) is 2.61. The molecule has 0 saturated carbocycles. The van der Waals surface area contributed by atoms with Gasteiger partial charge in [-0.05, 0) is 39.7 Å². The normalized spacial score (nSPS) is 27.6. The van der Waals surface area contributed by atoms with Gasteiger partial charge in [0.2, 0.25) is 0 Å². The molecule has 0 aliphatic carbocycles. The maximum atomic E-state index is 11.6. The van der Waals surface area contributed by atoms with Crippen LogP contribution in [0.3, 0.4) is 0 Å². The second-order valence-corrected chi connectivity index (χ2v) is 7.88. The molecule has 0 bridgehead atoms.